The topological polar surface area (TPSA) is 50.1 Å². The highest BCUT2D eigenvalue weighted by Gasteiger charge is 2.26. The molecule has 0 spiro atoms. The predicted molar refractivity (Wildman–Crippen MR) is 101 cm³/mol. The molecule has 3 rings (SSSR count). The molecule has 0 bridgehead atoms. The van der Waals surface area contributed by atoms with Crippen molar-refractivity contribution in [2.45, 2.75) is 45.6 Å². The van der Waals surface area contributed by atoms with Crippen LogP contribution < -0.4 is 4.90 Å². The fraction of sp³-hybridized carbons (Fsp3) is 0.632. The molecule has 1 aliphatic heterocycles. The van der Waals surface area contributed by atoms with E-state index in [9.17, 15) is 0 Å². The molecule has 1 unspecified atom stereocenters. The molecule has 1 aliphatic rings. The van der Waals surface area contributed by atoms with E-state index < -0.39 is 0 Å². The zero-order valence-corrected chi connectivity index (χ0v) is 15.9. The number of hydrogen-bond donors (Lipinski definition) is 0. The first-order chi connectivity index (χ1) is 12.0. The quantitative estimate of drug-likeness (QED) is 0.808. The highest BCUT2D eigenvalue weighted by molar-refractivity contribution is 5.44. The highest BCUT2D eigenvalue weighted by Crippen LogP contribution is 2.29. The second kappa shape index (κ2) is 7.95. The molecule has 0 saturated carbocycles. The molecule has 2 aromatic heterocycles. The van der Waals surface area contributed by atoms with Gasteiger partial charge < -0.3 is 14.4 Å². The van der Waals surface area contributed by atoms with Gasteiger partial charge in [0.25, 0.3) is 0 Å². The van der Waals surface area contributed by atoms with Crippen LogP contribution in [0.1, 0.15) is 42.4 Å². The Morgan fingerprint density at radius 3 is 2.88 bits per heavy atom. The predicted octanol–water partition coefficient (Wildman–Crippen LogP) is 2.63. The second-order valence-corrected chi connectivity index (χ2v) is 7.34. The third-order valence-corrected chi connectivity index (χ3v) is 4.89. The summed E-state index contributed by atoms with van der Waals surface area (Å²) in [6, 6.07) is 0. The lowest BCUT2D eigenvalue weighted by atomic mass is 9.97. The molecule has 0 N–H and O–H groups in total. The summed E-state index contributed by atoms with van der Waals surface area (Å²) in [5.41, 5.74) is 1.99. The van der Waals surface area contributed by atoms with Gasteiger partial charge in [-0.2, -0.15) is 0 Å². The minimum atomic E-state index is 0.463. The number of anilines is 1. The second-order valence-electron chi connectivity index (χ2n) is 7.34. The van der Waals surface area contributed by atoms with Crippen molar-refractivity contribution < 1.29 is 0 Å². The van der Waals surface area contributed by atoms with Crippen LogP contribution in [0, 0.1) is 13.8 Å². The van der Waals surface area contributed by atoms with E-state index in [1.54, 1.807) is 0 Å². The van der Waals surface area contributed by atoms with E-state index in [0.717, 1.165) is 49.8 Å². The number of aryl methyl sites for hydroxylation is 3. The average molecular weight is 342 g/mol. The summed E-state index contributed by atoms with van der Waals surface area (Å²) in [7, 11) is 4.25. The van der Waals surface area contributed by atoms with Crippen molar-refractivity contribution in [3.63, 3.8) is 0 Å². The van der Waals surface area contributed by atoms with Gasteiger partial charge in [0.05, 0.1) is 11.4 Å². The Hall–Kier alpha value is -1.95. The van der Waals surface area contributed by atoms with Crippen LogP contribution >= 0.6 is 0 Å². The summed E-state index contributed by atoms with van der Waals surface area (Å²) in [5.74, 6) is 2.72. The zero-order chi connectivity index (χ0) is 17.8. The van der Waals surface area contributed by atoms with Gasteiger partial charge in [0.15, 0.2) is 0 Å². The Bertz CT molecular complexity index is 693. The number of piperidine rings is 1. The summed E-state index contributed by atoms with van der Waals surface area (Å²) in [4.78, 5) is 18.5. The minimum absolute atomic E-state index is 0.463. The van der Waals surface area contributed by atoms with E-state index in [1.807, 2.05) is 26.2 Å². The third-order valence-electron chi connectivity index (χ3n) is 4.89. The smallest absolute Gasteiger partial charge is 0.150 e. The Balaban J connectivity index is 1.72. The first-order valence-electron chi connectivity index (χ1n) is 9.25. The molecule has 3 heterocycles. The lowest BCUT2D eigenvalue weighted by Crippen LogP contribution is -2.36. The van der Waals surface area contributed by atoms with Gasteiger partial charge in [-0.05, 0) is 53.8 Å². The van der Waals surface area contributed by atoms with Gasteiger partial charge in [-0.1, -0.05) is 0 Å². The highest BCUT2D eigenvalue weighted by atomic mass is 15.2. The minimum Gasteiger partial charge on any atom is -0.354 e. The fourth-order valence-corrected chi connectivity index (χ4v) is 3.63. The molecule has 6 nitrogen and oxygen atoms in total. The summed E-state index contributed by atoms with van der Waals surface area (Å²) in [6.07, 6.45) is 9.43. The molecular formula is C19H30N6. The van der Waals surface area contributed by atoms with Gasteiger partial charge >= 0.3 is 0 Å². The van der Waals surface area contributed by atoms with Crippen molar-refractivity contribution in [3.05, 3.63) is 35.8 Å². The average Bonchev–Trinajstić information content (AvgIpc) is 3.05. The Kier molecular flexibility index (Phi) is 5.68. The molecule has 6 heteroatoms. The molecule has 1 atom stereocenters. The maximum atomic E-state index is 4.73. The van der Waals surface area contributed by atoms with Gasteiger partial charge in [-0.25, -0.2) is 9.97 Å². The van der Waals surface area contributed by atoms with Crippen molar-refractivity contribution in [2.75, 3.05) is 38.6 Å². The van der Waals surface area contributed by atoms with Crippen molar-refractivity contribution in [1.82, 2.24) is 24.4 Å². The SMILES string of the molecule is Cc1cnc(C)c(N2CCCC(c3nccn3CCCN(C)C)C2)n1. The van der Waals surface area contributed by atoms with Crippen LogP contribution in [0.15, 0.2) is 18.6 Å². The van der Waals surface area contributed by atoms with E-state index in [0.29, 0.717) is 5.92 Å². The monoisotopic (exact) mass is 342 g/mol. The molecular weight excluding hydrogens is 312 g/mol. The third kappa shape index (κ3) is 4.37. The molecule has 136 valence electrons. The normalized spacial score (nSPS) is 18.1. The molecule has 0 aliphatic carbocycles. The lowest BCUT2D eigenvalue weighted by molar-refractivity contribution is 0.380. The Morgan fingerprint density at radius 2 is 2.08 bits per heavy atom. The van der Waals surface area contributed by atoms with E-state index in [-0.39, 0.29) is 0 Å². The molecule has 25 heavy (non-hydrogen) atoms. The van der Waals surface area contributed by atoms with Gasteiger partial charge in [-0.3, -0.25) is 4.98 Å². The fourth-order valence-electron chi connectivity index (χ4n) is 3.63. The standard InChI is InChI=1S/C19H30N6/c1-15-13-21-16(2)18(22-15)25-10-5-7-17(14-25)19-20-8-12-24(19)11-6-9-23(3)4/h8,12-13,17H,5-7,9-11,14H2,1-4H3. The van der Waals surface area contributed by atoms with Gasteiger partial charge in [0.2, 0.25) is 0 Å². The first-order valence-corrected chi connectivity index (χ1v) is 9.25. The Labute approximate surface area is 150 Å². The van der Waals surface area contributed by atoms with Crippen molar-refractivity contribution in [3.8, 4) is 0 Å². The molecule has 1 fully saturated rings. The lowest BCUT2D eigenvalue weighted by Gasteiger charge is -2.34. The molecule has 0 radical (unpaired) electrons. The summed E-state index contributed by atoms with van der Waals surface area (Å²) >= 11 is 0. The summed E-state index contributed by atoms with van der Waals surface area (Å²) in [5, 5.41) is 0. The summed E-state index contributed by atoms with van der Waals surface area (Å²) < 4.78 is 2.34. The Morgan fingerprint density at radius 1 is 1.24 bits per heavy atom. The summed E-state index contributed by atoms with van der Waals surface area (Å²) in [6.45, 7) is 8.22. The van der Waals surface area contributed by atoms with E-state index in [1.165, 1.54) is 18.7 Å². The maximum Gasteiger partial charge on any atom is 0.150 e. The van der Waals surface area contributed by atoms with Crippen LogP contribution in [0.3, 0.4) is 0 Å². The number of aromatic nitrogens is 4. The van der Waals surface area contributed by atoms with Crippen molar-refractivity contribution in [2.24, 2.45) is 0 Å². The number of nitrogens with zero attached hydrogens (tertiary/aromatic N) is 6. The van der Waals surface area contributed by atoms with Crippen molar-refractivity contribution >= 4 is 5.82 Å². The van der Waals surface area contributed by atoms with Gasteiger partial charge in [0.1, 0.15) is 11.6 Å². The molecule has 2 aromatic rings. The molecule has 0 amide bonds. The molecule has 0 aromatic carbocycles. The number of hydrogen-bond acceptors (Lipinski definition) is 5. The first kappa shape index (κ1) is 17.9. The largest absolute Gasteiger partial charge is 0.354 e. The van der Waals surface area contributed by atoms with Crippen LogP contribution in [-0.4, -0.2) is 58.1 Å². The van der Waals surface area contributed by atoms with Crippen molar-refractivity contribution in [1.29, 1.82) is 0 Å². The van der Waals surface area contributed by atoms with Crippen LogP contribution in [-0.2, 0) is 6.54 Å². The van der Waals surface area contributed by atoms with Crippen LogP contribution in [0.25, 0.3) is 0 Å². The van der Waals surface area contributed by atoms with Crippen LogP contribution in [0.2, 0.25) is 0 Å². The number of rotatable bonds is 6. The zero-order valence-electron chi connectivity index (χ0n) is 15.9. The molecule has 1 saturated heterocycles. The number of imidazole rings is 1. The van der Waals surface area contributed by atoms with Gasteiger partial charge in [-0.15, -0.1) is 0 Å². The maximum absolute atomic E-state index is 4.73. The van der Waals surface area contributed by atoms with Crippen LogP contribution in [0.5, 0.6) is 0 Å². The van der Waals surface area contributed by atoms with E-state index in [4.69, 9.17) is 9.97 Å². The van der Waals surface area contributed by atoms with Crippen LogP contribution in [0.4, 0.5) is 5.82 Å². The van der Waals surface area contributed by atoms with E-state index in [2.05, 4.69) is 39.6 Å². The van der Waals surface area contributed by atoms with Gasteiger partial charge in [0, 0.05) is 44.1 Å². The van der Waals surface area contributed by atoms with E-state index >= 15 is 0 Å².